The first-order chi connectivity index (χ1) is 11.0. The van der Waals surface area contributed by atoms with Gasteiger partial charge in [0.25, 0.3) is 5.91 Å². The molecule has 0 unspecified atom stereocenters. The fourth-order valence-corrected chi connectivity index (χ4v) is 2.41. The normalized spacial score (nSPS) is 10.6. The summed E-state index contributed by atoms with van der Waals surface area (Å²) in [7, 11) is 0. The molecule has 3 rings (SSSR count). The van der Waals surface area contributed by atoms with Gasteiger partial charge in [0.2, 0.25) is 0 Å². The van der Waals surface area contributed by atoms with Crippen molar-refractivity contribution in [2.45, 2.75) is 13.8 Å². The Labute approximate surface area is 139 Å². The summed E-state index contributed by atoms with van der Waals surface area (Å²) < 4.78 is 5.66. The topological polar surface area (TPSA) is 42.2 Å². The molecule has 23 heavy (non-hydrogen) atoms. The third-order valence-corrected chi connectivity index (χ3v) is 3.85. The Bertz CT molecular complexity index is 850. The zero-order valence-electron chi connectivity index (χ0n) is 12.9. The van der Waals surface area contributed by atoms with Gasteiger partial charge >= 0.3 is 0 Å². The standard InChI is InChI=1S/C19H16ClNO2/c1-12-3-4-13(2)16(11-12)21-19(22)18-10-9-17(23-18)14-5-7-15(20)8-6-14/h3-11H,1-2H3,(H,21,22). The van der Waals surface area contributed by atoms with Crippen molar-refractivity contribution in [3.8, 4) is 11.3 Å². The van der Waals surface area contributed by atoms with Crippen molar-refractivity contribution in [3.05, 3.63) is 76.5 Å². The maximum absolute atomic E-state index is 12.4. The summed E-state index contributed by atoms with van der Waals surface area (Å²) in [6.45, 7) is 3.94. The second-order valence-electron chi connectivity index (χ2n) is 5.44. The Morgan fingerprint density at radius 3 is 2.48 bits per heavy atom. The predicted octanol–water partition coefficient (Wildman–Crippen LogP) is 5.47. The Morgan fingerprint density at radius 1 is 1.00 bits per heavy atom. The van der Waals surface area contributed by atoms with Crippen LogP contribution in [-0.4, -0.2) is 5.91 Å². The number of anilines is 1. The first kappa shape index (κ1) is 15.4. The summed E-state index contributed by atoms with van der Waals surface area (Å²) >= 11 is 5.88. The molecule has 0 bridgehead atoms. The Kier molecular flexibility index (Phi) is 4.22. The molecule has 0 saturated heterocycles. The van der Waals surface area contributed by atoms with Gasteiger partial charge < -0.3 is 9.73 Å². The van der Waals surface area contributed by atoms with Crippen molar-refractivity contribution in [1.82, 2.24) is 0 Å². The minimum absolute atomic E-state index is 0.265. The first-order valence-electron chi connectivity index (χ1n) is 7.27. The van der Waals surface area contributed by atoms with E-state index in [0.29, 0.717) is 10.8 Å². The van der Waals surface area contributed by atoms with Crippen LogP contribution < -0.4 is 5.32 Å². The molecule has 3 nitrogen and oxygen atoms in total. The molecule has 0 atom stereocenters. The Balaban J connectivity index is 1.81. The van der Waals surface area contributed by atoms with Crippen LogP contribution in [-0.2, 0) is 0 Å². The van der Waals surface area contributed by atoms with Crippen LogP contribution in [0.3, 0.4) is 0 Å². The number of nitrogens with one attached hydrogen (secondary N) is 1. The van der Waals surface area contributed by atoms with Crippen molar-refractivity contribution >= 4 is 23.2 Å². The van der Waals surface area contributed by atoms with E-state index in [-0.39, 0.29) is 11.7 Å². The summed E-state index contributed by atoms with van der Waals surface area (Å²) in [5.74, 6) is 0.641. The second-order valence-corrected chi connectivity index (χ2v) is 5.88. The summed E-state index contributed by atoms with van der Waals surface area (Å²) in [4.78, 5) is 12.4. The molecule has 116 valence electrons. The molecule has 0 aliphatic rings. The van der Waals surface area contributed by atoms with E-state index in [4.69, 9.17) is 16.0 Å². The molecule has 0 saturated carbocycles. The lowest BCUT2D eigenvalue weighted by atomic mass is 10.1. The molecule has 0 aliphatic heterocycles. The number of carbonyl (C=O) groups excluding carboxylic acids is 1. The highest BCUT2D eigenvalue weighted by atomic mass is 35.5. The fourth-order valence-electron chi connectivity index (χ4n) is 2.28. The molecular weight excluding hydrogens is 310 g/mol. The van der Waals surface area contributed by atoms with Crippen molar-refractivity contribution in [2.75, 3.05) is 5.32 Å². The van der Waals surface area contributed by atoms with Gasteiger partial charge in [0.15, 0.2) is 5.76 Å². The van der Waals surface area contributed by atoms with Gasteiger partial charge in [-0.15, -0.1) is 0 Å². The van der Waals surface area contributed by atoms with E-state index in [0.717, 1.165) is 22.4 Å². The zero-order valence-corrected chi connectivity index (χ0v) is 13.6. The molecule has 0 spiro atoms. The highest BCUT2D eigenvalue weighted by molar-refractivity contribution is 6.30. The summed E-state index contributed by atoms with van der Waals surface area (Å²) in [6, 6.07) is 16.7. The number of benzene rings is 2. The molecular formula is C19H16ClNO2. The molecule has 1 heterocycles. The van der Waals surface area contributed by atoms with Crippen molar-refractivity contribution in [1.29, 1.82) is 0 Å². The molecule has 1 aromatic heterocycles. The number of rotatable bonds is 3. The molecule has 1 amide bonds. The van der Waals surface area contributed by atoms with Gasteiger partial charge in [-0.05, 0) is 67.4 Å². The minimum atomic E-state index is -0.265. The molecule has 0 fully saturated rings. The van der Waals surface area contributed by atoms with Crippen LogP contribution in [0, 0.1) is 13.8 Å². The van der Waals surface area contributed by atoms with Crippen LogP contribution in [0.2, 0.25) is 5.02 Å². The van der Waals surface area contributed by atoms with E-state index in [1.165, 1.54) is 0 Å². The van der Waals surface area contributed by atoms with Crippen molar-refractivity contribution < 1.29 is 9.21 Å². The third kappa shape index (κ3) is 3.46. The summed E-state index contributed by atoms with van der Waals surface area (Å²) in [5, 5.41) is 3.55. The Morgan fingerprint density at radius 2 is 1.74 bits per heavy atom. The van der Waals surface area contributed by atoms with Gasteiger partial charge in [-0.3, -0.25) is 4.79 Å². The largest absolute Gasteiger partial charge is 0.451 e. The summed E-state index contributed by atoms with van der Waals surface area (Å²) in [5.41, 5.74) is 3.76. The van der Waals surface area contributed by atoms with E-state index in [9.17, 15) is 4.79 Å². The number of hydrogen-bond donors (Lipinski definition) is 1. The van der Waals surface area contributed by atoms with Crippen LogP contribution in [0.25, 0.3) is 11.3 Å². The van der Waals surface area contributed by atoms with Gasteiger partial charge in [0.1, 0.15) is 5.76 Å². The minimum Gasteiger partial charge on any atom is -0.451 e. The number of hydrogen-bond acceptors (Lipinski definition) is 2. The van der Waals surface area contributed by atoms with E-state index >= 15 is 0 Å². The summed E-state index contributed by atoms with van der Waals surface area (Å²) in [6.07, 6.45) is 0. The number of carbonyl (C=O) groups is 1. The van der Waals surface area contributed by atoms with Gasteiger partial charge in [-0.2, -0.15) is 0 Å². The van der Waals surface area contributed by atoms with E-state index in [1.807, 2.05) is 44.2 Å². The van der Waals surface area contributed by atoms with Crippen LogP contribution in [0.15, 0.2) is 59.0 Å². The van der Waals surface area contributed by atoms with Crippen LogP contribution in [0.1, 0.15) is 21.7 Å². The smallest absolute Gasteiger partial charge is 0.291 e. The number of furan rings is 1. The number of halogens is 1. The monoisotopic (exact) mass is 325 g/mol. The molecule has 2 aromatic carbocycles. The van der Waals surface area contributed by atoms with Gasteiger partial charge in [-0.1, -0.05) is 23.7 Å². The lowest BCUT2D eigenvalue weighted by Gasteiger charge is -2.08. The van der Waals surface area contributed by atoms with E-state index in [2.05, 4.69) is 5.32 Å². The van der Waals surface area contributed by atoms with E-state index in [1.54, 1.807) is 24.3 Å². The van der Waals surface area contributed by atoms with Crippen LogP contribution >= 0.6 is 11.6 Å². The highest BCUT2D eigenvalue weighted by Crippen LogP contribution is 2.25. The average Bonchev–Trinajstić information content (AvgIpc) is 3.02. The first-order valence-corrected chi connectivity index (χ1v) is 7.65. The average molecular weight is 326 g/mol. The van der Waals surface area contributed by atoms with Gasteiger partial charge in [-0.25, -0.2) is 0 Å². The molecule has 1 N–H and O–H groups in total. The zero-order chi connectivity index (χ0) is 16.4. The second kappa shape index (κ2) is 6.31. The third-order valence-electron chi connectivity index (χ3n) is 3.60. The number of aryl methyl sites for hydroxylation is 2. The lowest BCUT2D eigenvalue weighted by Crippen LogP contribution is -2.11. The Hall–Kier alpha value is -2.52. The number of amides is 1. The molecule has 4 heteroatoms. The quantitative estimate of drug-likeness (QED) is 0.693. The van der Waals surface area contributed by atoms with Gasteiger partial charge in [0.05, 0.1) is 0 Å². The van der Waals surface area contributed by atoms with Crippen LogP contribution in [0.5, 0.6) is 0 Å². The predicted molar refractivity (Wildman–Crippen MR) is 93.0 cm³/mol. The van der Waals surface area contributed by atoms with Crippen molar-refractivity contribution in [3.63, 3.8) is 0 Å². The maximum Gasteiger partial charge on any atom is 0.291 e. The highest BCUT2D eigenvalue weighted by Gasteiger charge is 2.13. The lowest BCUT2D eigenvalue weighted by molar-refractivity contribution is 0.0997. The SMILES string of the molecule is Cc1ccc(C)c(NC(=O)c2ccc(-c3ccc(Cl)cc3)o2)c1. The molecule has 0 radical (unpaired) electrons. The maximum atomic E-state index is 12.4. The van der Waals surface area contributed by atoms with Crippen molar-refractivity contribution in [2.24, 2.45) is 0 Å². The van der Waals surface area contributed by atoms with Gasteiger partial charge in [0, 0.05) is 16.3 Å². The van der Waals surface area contributed by atoms with Crippen LogP contribution in [0.4, 0.5) is 5.69 Å². The van der Waals surface area contributed by atoms with E-state index < -0.39 is 0 Å². The molecule has 3 aromatic rings. The fraction of sp³-hybridized carbons (Fsp3) is 0.105. The molecule has 0 aliphatic carbocycles.